The van der Waals surface area contributed by atoms with Gasteiger partial charge >= 0.3 is 0 Å². The van der Waals surface area contributed by atoms with Gasteiger partial charge in [-0.15, -0.1) is 0 Å². The van der Waals surface area contributed by atoms with Crippen molar-refractivity contribution in [3.05, 3.63) is 28.8 Å². The van der Waals surface area contributed by atoms with Gasteiger partial charge in [0.2, 0.25) is 17.7 Å². The van der Waals surface area contributed by atoms with Gasteiger partial charge in [-0.3, -0.25) is 14.5 Å². The van der Waals surface area contributed by atoms with Gasteiger partial charge in [0.25, 0.3) is 0 Å². The van der Waals surface area contributed by atoms with Gasteiger partial charge in [0.05, 0.1) is 6.54 Å². The second kappa shape index (κ2) is 9.92. The summed E-state index contributed by atoms with van der Waals surface area (Å²) in [7, 11) is 0. The maximum absolute atomic E-state index is 13.2. The number of nitrogens with zero attached hydrogens (tertiary/aromatic N) is 2. The van der Waals surface area contributed by atoms with Gasteiger partial charge in [0.1, 0.15) is 5.75 Å². The van der Waals surface area contributed by atoms with Crippen LogP contribution in [0, 0.1) is 5.92 Å². The first-order valence-corrected chi connectivity index (χ1v) is 10.7. The van der Waals surface area contributed by atoms with E-state index in [2.05, 4.69) is 10.2 Å². The first kappa shape index (κ1) is 22.7. The summed E-state index contributed by atoms with van der Waals surface area (Å²) >= 11 is 5.98. The molecule has 1 aromatic rings. The van der Waals surface area contributed by atoms with Crippen LogP contribution in [-0.4, -0.2) is 65.4 Å². The molecule has 0 aromatic heterocycles. The highest BCUT2D eigenvalue weighted by Crippen LogP contribution is 2.37. The molecule has 166 valence electrons. The normalized spacial score (nSPS) is 20.2. The van der Waals surface area contributed by atoms with Crippen LogP contribution in [0.2, 0.25) is 5.02 Å². The van der Waals surface area contributed by atoms with Crippen LogP contribution in [0.15, 0.2) is 18.2 Å². The summed E-state index contributed by atoms with van der Waals surface area (Å²) in [6.07, 6.45) is 0.555. The fourth-order valence-electron chi connectivity index (χ4n) is 4.00. The third-order valence-corrected chi connectivity index (χ3v) is 6.14. The molecule has 0 unspecified atom stereocenters. The molecule has 30 heavy (non-hydrogen) atoms. The average Bonchev–Trinajstić information content (AvgIpc) is 2.71. The lowest BCUT2D eigenvalue weighted by Gasteiger charge is -2.35. The van der Waals surface area contributed by atoms with Crippen molar-refractivity contribution in [1.29, 1.82) is 0 Å². The Morgan fingerprint density at radius 3 is 2.50 bits per heavy atom. The molecule has 2 amide bonds. The molecule has 2 fully saturated rings. The molecular weight excluding hydrogens is 416 g/mol. The number of carbonyl (C=O) groups is 2. The molecule has 1 saturated carbocycles. The number of benzene rings is 1. The van der Waals surface area contributed by atoms with E-state index in [0.29, 0.717) is 50.6 Å². The van der Waals surface area contributed by atoms with Crippen LogP contribution in [0.25, 0.3) is 0 Å². The number of halogens is 3. The van der Waals surface area contributed by atoms with Crippen molar-refractivity contribution in [2.75, 3.05) is 32.7 Å². The fourth-order valence-corrected chi connectivity index (χ4v) is 4.20. The number of amides is 2. The smallest absolute Gasteiger partial charge is 0.248 e. The number of hydrogen-bond acceptors (Lipinski definition) is 4. The van der Waals surface area contributed by atoms with E-state index in [4.69, 9.17) is 11.6 Å². The Morgan fingerprint density at radius 2 is 1.83 bits per heavy atom. The summed E-state index contributed by atoms with van der Waals surface area (Å²) in [5.74, 6) is -2.85. The van der Waals surface area contributed by atoms with Crippen molar-refractivity contribution in [1.82, 2.24) is 15.1 Å². The molecule has 6 nitrogen and oxygen atoms in total. The minimum atomic E-state index is -2.60. The van der Waals surface area contributed by atoms with E-state index in [1.807, 2.05) is 0 Å². The Bertz CT molecular complexity index is 760. The third kappa shape index (κ3) is 6.54. The number of carbonyl (C=O) groups excluding carboxylic acids is 2. The molecule has 0 bridgehead atoms. The van der Waals surface area contributed by atoms with Crippen LogP contribution < -0.4 is 5.32 Å². The van der Waals surface area contributed by atoms with Crippen molar-refractivity contribution in [2.24, 2.45) is 5.92 Å². The summed E-state index contributed by atoms with van der Waals surface area (Å²) in [6, 6.07) is 4.94. The van der Waals surface area contributed by atoms with Gasteiger partial charge in [-0.2, -0.15) is 0 Å². The standard InChI is InChI=1S/C21H28ClF2N3O3/c22-17-1-2-18(28)16(12-17)14-26-7-9-27(10-8-26)20(30)13-25-19(29)11-15-3-5-21(23,24)6-4-15/h1-2,12,15,28H,3-11,13-14H2,(H,25,29). The molecular formula is C21H28ClF2N3O3. The van der Waals surface area contributed by atoms with Crippen LogP contribution in [0.1, 0.15) is 37.7 Å². The van der Waals surface area contributed by atoms with Crippen LogP contribution >= 0.6 is 11.6 Å². The van der Waals surface area contributed by atoms with E-state index in [9.17, 15) is 23.5 Å². The zero-order valence-corrected chi connectivity index (χ0v) is 17.6. The summed E-state index contributed by atoms with van der Waals surface area (Å²) in [4.78, 5) is 28.3. The van der Waals surface area contributed by atoms with E-state index >= 15 is 0 Å². The van der Waals surface area contributed by atoms with E-state index in [1.165, 1.54) is 0 Å². The summed E-state index contributed by atoms with van der Waals surface area (Å²) < 4.78 is 26.4. The molecule has 0 atom stereocenters. The van der Waals surface area contributed by atoms with E-state index in [0.717, 1.165) is 5.56 Å². The molecule has 0 spiro atoms. The van der Waals surface area contributed by atoms with Gasteiger partial charge in [-0.25, -0.2) is 8.78 Å². The lowest BCUT2D eigenvalue weighted by atomic mass is 9.84. The topological polar surface area (TPSA) is 72.9 Å². The van der Waals surface area contributed by atoms with E-state index < -0.39 is 5.92 Å². The maximum Gasteiger partial charge on any atom is 0.248 e. The first-order chi connectivity index (χ1) is 14.2. The second-order valence-electron chi connectivity index (χ2n) is 8.21. The van der Waals surface area contributed by atoms with Crippen LogP contribution in [0.4, 0.5) is 8.78 Å². The molecule has 1 aliphatic heterocycles. The van der Waals surface area contributed by atoms with Crippen LogP contribution in [-0.2, 0) is 16.1 Å². The van der Waals surface area contributed by atoms with Gasteiger partial charge in [0, 0.05) is 62.6 Å². The first-order valence-electron chi connectivity index (χ1n) is 10.3. The molecule has 1 saturated heterocycles. The summed E-state index contributed by atoms with van der Waals surface area (Å²) in [6.45, 7) is 2.85. The number of phenols is 1. The Morgan fingerprint density at radius 1 is 1.17 bits per heavy atom. The lowest BCUT2D eigenvalue weighted by Crippen LogP contribution is -2.50. The van der Waals surface area contributed by atoms with Crippen LogP contribution in [0.5, 0.6) is 5.75 Å². The molecule has 1 heterocycles. The minimum Gasteiger partial charge on any atom is -0.508 e. The Balaban J connectivity index is 1.36. The van der Waals surface area contributed by atoms with Crippen molar-refractivity contribution in [3.63, 3.8) is 0 Å². The summed E-state index contributed by atoms with van der Waals surface area (Å²) in [5.41, 5.74) is 0.745. The third-order valence-electron chi connectivity index (χ3n) is 5.91. The van der Waals surface area contributed by atoms with E-state index in [-0.39, 0.29) is 49.3 Å². The Kier molecular flexibility index (Phi) is 7.52. The molecule has 1 aliphatic carbocycles. The zero-order valence-electron chi connectivity index (χ0n) is 16.9. The molecule has 2 aliphatic rings. The van der Waals surface area contributed by atoms with Crippen molar-refractivity contribution in [3.8, 4) is 5.75 Å². The van der Waals surface area contributed by atoms with Crippen LogP contribution in [0.3, 0.4) is 0 Å². The van der Waals surface area contributed by atoms with Crippen molar-refractivity contribution in [2.45, 2.75) is 44.6 Å². The highest BCUT2D eigenvalue weighted by molar-refractivity contribution is 6.30. The fraction of sp³-hybridized carbons (Fsp3) is 0.619. The number of rotatable bonds is 6. The number of alkyl halides is 2. The quantitative estimate of drug-likeness (QED) is 0.709. The number of aromatic hydroxyl groups is 1. The maximum atomic E-state index is 13.2. The Hall–Kier alpha value is -1.93. The summed E-state index contributed by atoms with van der Waals surface area (Å²) in [5, 5.41) is 13.1. The van der Waals surface area contributed by atoms with Gasteiger partial charge in [0.15, 0.2) is 0 Å². The van der Waals surface area contributed by atoms with E-state index in [1.54, 1.807) is 23.1 Å². The monoisotopic (exact) mass is 443 g/mol. The number of piperazine rings is 1. The van der Waals surface area contributed by atoms with Gasteiger partial charge in [-0.05, 0) is 37.0 Å². The average molecular weight is 444 g/mol. The second-order valence-corrected chi connectivity index (χ2v) is 8.65. The lowest BCUT2D eigenvalue weighted by molar-refractivity contribution is -0.134. The number of phenolic OH excluding ortho intramolecular Hbond substituents is 1. The molecule has 1 aromatic carbocycles. The molecule has 2 N–H and O–H groups in total. The van der Waals surface area contributed by atoms with Gasteiger partial charge < -0.3 is 15.3 Å². The molecule has 3 rings (SSSR count). The minimum absolute atomic E-state index is 0.0359. The number of hydrogen-bond donors (Lipinski definition) is 2. The SMILES string of the molecule is O=C(CC1CCC(F)(F)CC1)NCC(=O)N1CCN(Cc2cc(Cl)ccc2O)CC1. The predicted octanol–water partition coefficient (Wildman–Crippen LogP) is 3.02. The molecule has 9 heteroatoms. The largest absolute Gasteiger partial charge is 0.508 e. The highest BCUT2D eigenvalue weighted by atomic mass is 35.5. The predicted molar refractivity (Wildman–Crippen MR) is 110 cm³/mol. The zero-order chi connectivity index (χ0) is 21.7. The number of nitrogens with one attached hydrogen (secondary N) is 1. The highest BCUT2D eigenvalue weighted by Gasteiger charge is 2.35. The van der Waals surface area contributed by atoms with Crippen molar-refractivity contribution >= 4 is 23.4 Å². The Labute approximate surface area is 180 Å². The van der Waals surface area contributed by atoms with Crippen molar-refractivity contribution < 1.29 is 23.5 Å². The molecule has 0 radical (unpaired) electrons. The van der Waals surface area contributed by atoms with Gasteiger partial charge in [-0.1, -0.05) is 11.6 Å².